The van der Waals surface area contributed by atoms with Gasteiger partial charge in [0.25, 0.3) is 0 Å². The van der Waals surface area contributed by atoms with Crippen molar-refractivity contribution in [3.63, 3.8) is 0 Å². The molecule has 0 spiro atoms. The zero-order valence-electron chi connectivity index (χ0n) is 8.54. The molecule has 0 aliphatic carbocycles. The van der Waals surface area contributed by atoms with Gasteiger partial charge in [0.05, 0.1) is 13.0 Å². The van der Waals surface area contributed by atoms with Crippen molar-refractivity contribution in [1.29, 1.82) is 0 Å². The van der Waals surface area contributed by atoms with Gasteiger partial charge in [-0.15, -0.1) is 0 Å². The average Bonchev–Trinajstić information content (AvgIpc) is 2.12. The molecular weight excluding hydrogens is 178 g/mol. The zero-order chi connectivity index (χ0) is 10.6. The first-order chi connectivity index (χ1) is 6.63. The Balaban J connectivity index is 2.68. The largest absolute Gasteiger partial charge is 0.466 e. The summed E-state index contributed by atoms with van der Waals surface area (Å²) in [5.41, 5.74) is 8.34. The van der Waals surface area contributed by atoms with Crippen molar-refractivity contribution in [3.05, 3.63) is 29.3 Å². The van der Waals surface area contributed by atoms with Gasteiger partial charge in [0, 0.05) is 5.69 Å². The summed E-state index contributed by atoms with van der Waals surface area (Å²) in [7, 11) is 0. The van der Waals surface area contributed by atoms with E-state index in [0.29, 0.717) is 13.0 Å². The van der Waals surface area contributed by atoms with Gasteiger partial charge < -0.3 is 10.5 Å². The molecule has 0 amide bonds. The number of hydrogen-bond acceptors (Lipinski definition) is 3. The smallest absolute Gasteiger partial charge is 0.310 e. The van der Waals surface area contributed by atoms with Crippen LogP contribution in [0, 0.1) is 6.92 Å². The quantitative estimate of drug-likeness (QED) is 0.587. The second-order valence-corrected chi connectivity index (χ2v) is 3.17. The molecule has 1 aromatic rings. The Kier molecular flexibility index (Phi) is 3.51. The van der Waals surface area contributed by atoms with Crippen molar-refractivity contribution in [2.24, 2.45) is 0 Å². The van der Waals surface area contributed by atoms with E-state index in [0.717, 1.165) is 16.8 Å². The molecule has 2 N–H and O–H groups in total. The molecule has 0 fully saturated rings. The third-order valence-corrected chi connectivity index (χ3v) is 1.99. The SMILES string of the molecule is CCOC(=O)Cc1ccc(N)c(C)c1. The standard InChI is InChI=1S/C11H15NO2/c1-3-14-11(13)7-9-4-5-10(12)8(2)6-9/h4-6H,3,7,12H2,1-2H3. The van der Waals surface area contributed by atoms with Crippen molar-refractivity contribution in [3.8, 4) is 0 Å². The highest BCUT2D eigenvalue weighted by atomic mass is 16.5. The normalized spacial score (nSPS) is 9.86. The van der Waals surface area contributed by atoms with Crippen LogP contribution in [0.3, 0.4) is 0 Å². The minimum Gasteiger partial charge on any atom is -0.466 e. The first-order valence-electron chi connectivity index (χ1n) is 4.64. The number of ether oxygens (including phenoxy) is 1. The number of benzene rings is 1. The Morgan fingerprint density at radius 2 is 2.21 bits per heavy atom. The predicted molar refractivity (Wildman–Crippen MR) is 55.9 cm³/mol. The summed E-state index contributed by atoms with van der Waals surface area (Å²) < 4.78 is 4.85. The molecule has 0 atom stereocenters. The molecule has 14 heavy (non-hydrogen) atoms. The topological polar surface area (TPSA) is 52.3 Å². The summed E-state index contributed by atoms with van der Waals surface area (Å²) >= 11 is 0. The monoisotopic (exact) mass is 193 g/mol. The lowest BCUT2D eigenvalue weighted by atomic mass is 10.1. The van der Waals surface area contributed by atoms with E-state index in [1.54, 1.807) is 6.92 Å². The lowest BCUT2D eigenvalue weighted by molar-refractivity contribution is -0.142. The molecule has 0 radical (unpaired) electrons. The van der Waals surface area contributed by atoms with Crippen LogP contribution in [0.5, 0.6) is 0 Å². The van der Waals surface area contributed by atoms with Crippen molar-refractivity contribution in [1.82, 2.24) is 0 Å². The molecule has 0 bridgehead atoms. The number of carbonyl (C=O) groups is 1. The van der Waals surface area contributed by atoms with Crippen molar-refractivity contribution in [2.45, 2.75) is 20.3 Å². The number of anilines is 1. The summed E-state index contributed by atoms with van der Waals surface area (Å²) in [5.74, 6) is -0.198. The van der Waals surface area contributed by atoms with E-state index in [1.165, 1.54) is 0 Å². The number of esters is 1. The Hall–Kier alpha value is -1.51. The van der Waals surface area contributed by atoms with Crippen molar-refractivity contribution < 1.29 is 9.53 Å². The maximum absolute atomic E-state index is 11.2. The number of aryl methyl sites for hydroxylation is 1. The zero-order valence-corrected chi connectivity index (χ0v) is 8.54. The molecule has 3 nitrogen and oxygen atoms in total. The lowest BCUT2D eigenvalue weighted by Crippen LogP contribution is -2.07. The van der Waals surface area contributed by atoms with Crippen LogP contribution >= 0.6 is 0 Å². The molecule has 3 heteroatoms. The van der Waals surface area contributed by atoms with Gasteiger partial charge in [-0.2, -0.15) is 0 Å². The van der Waals surface area contributed by atoms with Gasteiger partial charge in [-0.3, -0.25) is 4.79 Å². The van der Waals surface area contributed by atoms with Crippen LogP contribution in [0.1, 0.15) is 18.1 Å². The number of nitrogen functional groups attached to an aromatic ring is 1. The number of carbonyl (C=O) groups excluding carboxylic acids is 1. The van der Waals surface area contributed by atoms with Gasteiger partial charge in [-0.05, 0) is 31.0 Å². The summed E-state index contributed by atoms with van der Waals surface area (Å²) in [5, 5.41) is 0. The van der Waals surface area contributed by atoms with Crippen molar-refractivity contribution >= 4 is 11.7 Å². The van der Waals surface area contributed by atoms with E-state index in [2.05, 4.69) is 0 Å². The first-order valence-corrected chi connectivity index (χ1v) is 4.64. The van der Waals surface area contributed by atoms with Gasteiger partial charge in [-0.1, -0.05) is 12.1 Å². The van der Waals surface area contributed by atoms with E-state index in [-0.39, 0.29) is 5.97 Å². The molecule has 0 aliphatic rings. The van der Waals surface area contributed by atoms with E-state index >= 15 is 0 Å². The molecule has 76 valence electrons. The van der Waals surface area contributed by atoms with Crippen LogP contribution in [-0.2, 0) is 16.0 Å². The highest BCUT2D eigenvalue weighted by Crippen LogP contribution is 2.13. The van der Waals surface area contributed by atoms with Crippen LogP contribution in [0.2, 0.25) is 0 Å². The molecule has 0 unspecified atom stereocenters. The Morgan fingerprint density at radius 3 is 2.79 bits per heavy atom. The highest BCUT2D eigenvalue weighted by Gasteiger charge is 2.04. The fourth-order valence-electron chi connectivity index (χ4n) is 1.23. The van der Waals surface area contributed by atoms with E-state index < -0.39 is 0 Å². The summed E-state index contributed by atoms with van der Waals surface area (Å²) in [4.78, 5) is 11.2. The molecular formula is C11H15NO2. The van der Waals surface area contributed by atoms with Crippen LogP contribution < -0.4 is 5.73 Å². The second kappa shape index (κ2) is 4.65. The average molecular weight is 193 g/mol. The first kappa shape index (κ1) is 10.6. The van der Waals surface area contributed by atoms with Crippen LogP contribution in [0.15, 0.2) is 18.2 Å². The third kappa shape index (κ3) is 2.76. The fourth-order valence-corrected chi connectivity index (χ4v) is 1.23. The minimum atomic E-state index is -0.198. The summed E-state index contributed by atoms with van der Waals surface area (Å²) in [6.45, 7) is 4.14. The summed E-state index contributed by atoms with van der Waals surface area (Å²) in [6, 6.07) is 5.56. The molecule has 0 saturated carbocycles. The maximum Gasteiger partial charge on any atom is 0.310 e. The van der Waals surface area contributed by atoms with E-state index in [9.17, 15) is 4.79 Å². The maximum atomic E-state index is 11.2. The second-order valence-electron chi connectivity index (χ2n) is 3.17. The number of nitrogens with two attached hydrogens (primary N) is 1. The molecule has 0 saturated heterocycles. The van der Waals surface area contributed by atoms with E-state index in [1.807, 2.05) is 25.1 Å². The number of rotatable bonds is 3. The fraction of sp³-hybridized carbons (Fsp3) is 0.364. The summed E-state index contributed by atoms with van der Waals surface area (Å²) in [6.07, 6.45) is 0.314. The lowest BCUT2D eigenvalue weighted by Gasteiger charge is -2.04. The highest BCUT2D eigenvalue weighted by molar-refractivity contribution is 5.72. The van der Waals surface area contributed by atoms with Gasteiger partial charge in [0.1, 0.15) is 0 Å². The molecule has 0 aromatic heterocycles. The Labute approximate surface area is 83.9 Å². The molecule has 0 heterocycles. The third-order valence-electron chi connectivity index (χ3n) is 1.99. The minimum absolute atomic E-state index is 0.198. The van der Waals surface area contributed by atoms with Gasteiger partial charge in [-0.25, -0.2) is 0 Å². The Morgan fingerprint density at radius 1 is 1.50 bits per heavy atom. The van der Waals surface area contributed by atoms with Crippen LogP contribution in [0.4, 0.5) is 5.69 Å². The van der Waals surface area contributed by atoms with Gasteiger partial charge in [0.2, 0.25) is 0 Å². The molecule has 1 rings (SSSR count). The molecule has 0 aliphatic heterocycles. The van der Waals surface area contributed by atoms with Gasteiger partial charge in [0.15, 0.2) is 0 Å². The predicted octanol–water partition coefficient (Wildman–Crippen LogP) is 1.68. The van der Waals surface area contributed by atoms with E-state index in [4.69, 9.17) is 10.5 Å². The van der Waals surface area contributed by atoms with Crippen LogP contribution in [0.25, 0.3) is 0 Å². The van der Waals surface area contributed by atoms with Gasteiger partial charge >= 0.3 is 5.97 Å². The number of hydrogen-bond donors (Lipinski definition) is 1. The van der Waals surface area contributed by atoms with Crippen molar-refractivity contribution in [2.75, 3.05) is 12.3 Å². The van der Waals surface area contributed by atoms with Crippen LogP contribution in [-0.4, -0.2) is 12.6 Å². The molecule has 1 aromatic carbocycles. The Bertz CT molecular complexity index is 334.